The van der Waals surface area contributed by atoms with E-state index in [0.717, 1.165) is 25.1 Å². The molecule has 16 heavy (non-hydrogen) atoms. The Morgan fingerprint density at radius 1 is 1.38 bits per heavy atom. The van der Waals surface area contributed by atoms with E-state index in [0.29, 0.717) is 12.1 Å². The molecule has 0 radical (unpaired) electrons. The molecule has 3 rings (SSSR count). The Balaban J connectivity index is 0.000000963. The standard InChI is InChI=1S/C12H15FN2.ClH/c1-8-6-14-7-11-5-9-4-10(13)2-3-12(9)15(8)11;/h2-4,8,11,14H,5-7H2,1H3;1H. The molecule has 0 saturated carbocycles. The number of hydrogen-bond acceptors (Lipinski definition) is 2. The van der Waals surface area contributed by atoms with Crippen LogP contribution in [0.1, 0.15) is 12.5 Å². The summed E-state index contributed by atoms with van der Waals surface area (Å²) in [7, 11) is 0. The zero-order valence-electron chi connectivity index (χ0n) is 9.24. The summed E-state index contributed by atoms with van der Waals surface area (Å²) in [4.78, 5) is 2.44. The highest BCUT2D eigenvalue weighted by Gasteiger charge is 2.34. The van der Waals surface area contributed by atoms with E-state index in [2.05, 4.69) is 17.1 Å². The molecule has 1 saturated heterocycles. The summed E-state index contributed by atoms with van der Waals surface area (Å²) in [6.45, 7) is 4.26. The molecule has 2 heterocycles. The van der Waals surface area contributed by atoms with Gasteiger partial charge in [-0.15, -0.1) is 12.4 Å². The number of nitrogens with zero attached hydrogens (tertiary/aromatic N) is 1. The van der Waals surface area contributed by atoms with Gasteiger partial charge in [-0.2, -0.15) is 0 Å². The van der Waals surface area contributed by atoms with Crippen molar-refractivity contribution in [3.8, 4) is 0 Å². The highest BCUT2D eigenvalue weighted by molar-refractivity contribution is 5.85. The summed E-state index contributed by atoms with van der Waals surface area (Å²) >= 11 is 0. The minimum atomic E-state index is -0.116. The summed E-state index contributed by atoms with van der Waals surface area (Å²) in [5.74, 6) is -0.116. The fourth-order valence-corrected chi connectivity index (χ4v) is 2.84. The highest BCUT2D eigenvalue weighted by atomic mass is 35.5. The lowest BCUT2D eigenvalue weighted by Gasteiger charge is -2.38. The number of piperazine rings is 1. The van der Waals surface area contributed by atoms with Gasteiger partial charge >= 0.3 is 0 Å². The van der Waals surface area contributed by atoms with E-state index >= 15 is 0 Å². The molecule has 2 unspecified atom stereocenters. The van der Waals surface area contributed by atoms with Crippen molar-refractivity contribution in [3.05, 3.63) is 29.6 Å². The first-order chi connectivity index (χ1) is 7.25. The zero-order chi connectivity index (χ0) is 10.4. The molecule has 0 bridgehead atoms. The number of halogens is 2. The fourth-order valence-electron chi connectivity index (χ4n) is 2.84. The quantitative estimate of drug-likeness (QED) is 0.749. The Morgan fingerprint density at radius 2 is 2.19 bits per heavy atom. The Kier molecular flexibility index (Phi) is 3.08. The van der Waals surface area contributed by atoms with E-state index < -0.39 is 0 Å². The molecule has 1 aromatic rings. The molecule has 1 fully saturated rings. The molecule has 0 amide bonds. The van der Waals surface area contributed by atoms with Crippen molar-refractivity contribution in [2.45, 2.75) is 25.4 Å². The van der Waals surface area contributed by atoms with Crippen LogP contribution in [0.2, 0.25) is 0 Å². The van der Waals surface area contributed by atoms with Gasteiger partial charge in [0.15, 0.2) is 0 Å². The second-order valence-electron chi connectivity index (χ2n) is 4.55. The summed E-state index contributed by atoms with van der Waals surface area (Å²) in [5, 5.41) is 3.42. The first-order valence-corrected chi connectivity index (χ1v) is 5.53. The van der Waals surface area contributed by atoms with Crippen LogP contribution in [0.15, 0.2) is 18.2 Å². The van der Waals surface area contributed by atoms with E-state index in [1.165, 1.54) is 5.69 Å². The second kappa shape index (κ2) is 4.22. The smallest absolute Gasteiger partial charge is 0.123 e. The van der Waals surface area contributed by atoms with E-state index in [-0.39, 0.29) is 18.2 Å². The van der Waals surface area contributed by atoms with Crippen LogP contribution in [0.3, 0.4) is 0 Å². The van der Waals surface area contributed by atoms with Crippen molar-refractivity contribution in [2.24, 2.45) is 0 Å². The van der Waals surface area contributed by atoms with E-state index in [4.69, 9.17) is 0 Å². The first-order valence-electron chi connectivity index (χ1n) is 5.53. The number of hydrogen-bond donors (Lipinski definition) is 1. The van der Waals surface area contributed by atoms with Crippen LogP contribution in [0.5, 0.6) is 0 Å². The van der Waals surface area contributed by atoms with Crippen LogP contribution in [-0.4, -0.2) is 25.2 Å². The predicted octanol–water partition coefficient (Wildman–Crippen LogP) is 1.97. The van der Waals surface area contributed by atoms with Crippen LogP contribution in [0.25, 0.3) is 0 Å². The van der Waals surface area contributed by atoms with Gasteiger partial charge in [0.2, 0.25) is 0 Å². The summed E-state index contributed by atoms with van der Waals surface area (Å²) < 4.78 is 13.1. The SMILES string of the molecule is CC1CNCC2Cc3cc(F)ccc3N12.Cl. The van der Waals surface area contributed by atoms with E-state index in [1.807, 2.05) is 6.07 Å². The van der Waals surface area contributed by atoms with Crippen molar-refractivity contribution in [1.82, 2.24) is 5.32 Å². The number of rotatable bonds is 0. The minimum absolute atomic E-state index is 0. The summed E-state index contributed by atoms with van der Waals surface area (Å²) in [6, 6.07) is 6.20. The average molecular weight is 243 g/mol. The molecule has 0 spiro atoms. The Hall–Kier alpha value is -0.800. The molecule has 2 nitrogen and oxygen atoms in total. The van der Waals surface area contributed by atoms with Crippen molar-refractivity contribution in [2.75, 3.05) is 18.0 Å². The second-order valence-corrected chi connectivity index (χ2v) is 4.55. The van der Waals surface area contributed by atoms with Crippen molar-refractivity contribution >= 4 is 18.1 Å². The van der Waals surface area contributed by atoms with Gasteiger partial charge in [-0.25, -0.2) is 4.39 Å². The van der Waals surface area contributed by atoms with Crippen LogP contribution in [-0.2, 0) is 6.42 Å². The van der Waals surface area contributed by atoms with Crippen LogP contribution in [0, 0.1) is 5.82 Å². The minimum Gasteiger partial charge on any atom is -0.363 e. The van der Waals surface area contributed by atoms with Gasteiger partial charge in [-0.1, -0.05) is 0 Å². The maximum atomic E-state index is 13.1. The summed E-state index contributed by atoms with van der Waals surface area (Å²) in [6.07, 6.45) is 0.977. The average Bonchev–Trinajstić information content (AvgIpc) is 2.56. The molecule has 2 atom stereocenters. The van der Waals surface area contributed by atoms with Crippen molar-refractivity contribution in [1.29, 1.82) is 0 Å². The maximum Gasteiger partial charge on any atom is 0.123 e. The highest BCUT2D eigenvalue weighted by Crippen LogP contribution is 2.35. The maximum absolute atomic E-state index is 13.1. The number of benzene rings is 1. The Labute approximate surface area is 101 Å². The zero-order valence-corrected chi connectivity index (χ0v) is 10.1. The lowest BCUT2D eigenvalue weighted by molar-refractivity contribution is 0.430. The van der Waals surface area contributed by atoms with E-state index in [1.54, 1.807) is 12.1 Å². The van der Waals surface area contributed by atoms with Crippen LogP contribution >= 0.6 is 12.4 Å². The first kappa shape index (κ1) is 11.7. The van der Waals surface area contributed by atoms with Gasteiger partial charge in [-0.05, 0) is 37.1 Å². The van der Waals surface area contributed by atoms with Gasteiger partial charge < -0.3 is 10.2 Å². The topological polar surface area (TPSA) is 15.3 Å². The number of nitrogens with one attached hydrogen (secondary N) is 1. The molecule has 4 heteroatoms. The van der Waals surface area contributed by atoms with Gasteiger partial charge in [-0.3, -0.25) is 0 Å². The number of fused-ring (bicyclic) bond motifs is 3. The van der Waals surface area contributed by atoms with Crippen molar-refractivity contribution < 1.29 is 4.39 Å². The molecule has 2 aliphatic heterocycles. The van der Waals surface area contributed by atoms with Gasteiger partial charge in [0.1, 0.15) is 5.82 Å². The molecular weight excluding hydrogens is 227 g/mol. The van der Waals surface area contributed by atoms with Crippen LogP contribution in [0.4, 0.5) is 10.1 Å². The van der Waals surface area contributed by atoms with E-state index in [9.17, 15) is 4.39 Å². The Bertz CT molecular complexity index is 397. The molecule has 0 aliphatic carbocycles. The number of anilines is 1. The molecule has 88 valence electrons. The van der Waals surface area contributed by atoms with Crippen molar-refractivity contribution in [3.63, 3.8) is 0 Å². The van der Waals surface area contributed by atoms with Crippen LogP contribution < -0.4 is 10.2 Å². The molecular formula is C12H16ClFN2. The van der Waals surface area contributed by atoms with Gasteiger partial charge in [0.25, 0.3) is 0 Å². The molecule has 0 aromatic heterocycles. The molecule has 1 N–H and O–H groups in total. The lowest BCUT2D eigenvalue weighted by Crippen LogP contribution is -2.54. The lowest BCUT2D eigenvalue weighted by atomic mass is 10.1. The predicted molar refractivity (Wildman–Crippen MR) is 66.0 cm³/mol. The Morgan fingerprint density at radius 3 is 3.00 bits per heavy atom. The molecule has 1 aromatic carbocycles. The summed E-state index contributed by atoms with van der Waals surface area (Å²) in [5.41, 5.74) is 2.39. The normalized spacial score (nSPS) is 27.0. The third-order valence-electron chi connectivity index (χ3n) is 3.46. The third kappa shape index (κ3) is 1.68. The third-order valence-corrected chi connectivity index (χ3v) is 3.46. The monoisotopic (exact) mass is 242 g/mol. The van der Waals surface area contributed by atoms with Gasteiger partial charge in [0.05, 0.1) is 0 Å². The fraction of sp³-hybridized carbons (Fsp3) is 0.500. The van der Waals surface area contributed by atoms with Gasteiger partial charge in [0, 0.05) is 30.9 Å². The largest absolute Gasteiger partial charge is 0.363 e. The molecule has 2 aliphatic rings.